The van der Waals surface area contributed by atoms with Gasteiger partial charge < -0.3 is 15.6 Å². The average Bonchev–Trinajstić information content (AvgIpc) is 3.36. The van der Waals surface area contributed by atoms with E-state index < -0.39 is 27.3 Å². The van der Waals surface area contributed by atoms with Crippen LogP contribution in [0.1, 0.15) is 5.56 Å². The summed E-state index contributed by atoms with van der Waals surface area (Å²) in [5.74, 6) is 0. The zero-order valence-electron chi connectivity index (χ0n) is 20.3. The van der Waals surface area contributed by atoms with Gasteiger partial charge in [0.05, 0.1) is 20.9 Å². The van der Waals surface area contributed by atoms with Gasteiger partial charge in [0.25, 0.3) is 15.6 Å². The van der Waals surface area contributed by atoms with Crippen LogP contribution in [0.25, 0.3) is 16.6 Å². The van der Waals surface area contributed by atoms with Gasteiger partial charge in [-0.25, -0.2) is 27.3 Å². The number of nitrogens with zero attached hydrogens (tertiary/aromatic N) is 1. The van der Waals surface area contributed by atoms with Crippen molar-refractivity contribution in [3.8, 4) is 5.69 Å². The van der Waals surface area contributed by atoms with Gasteiger partial charge in [-0.15, -0.1) is 11.3 Å². The molecule has 2 amide bonds. The molecule has 5 aromatic rings. The van der Waals surface area contributed by atoms with E-state index in [0.717, 1.165) is 31.6 Å². The van der Waals surface area contributed by atoms with Gasteiger partial charge in [-0.3, -0.25) is 4.79 Å². The van der Waals surface area contributed by atoms with Gasteiger partial charge in [0.15, 0.2) is 0 Å². The Labute approximate surface area is 244 Å². The number of urea groups is 1. The van der Waals surface area contributed by atoms with Crippen LogP contribution >= 0.6 is 38.9 Å². The highest BCUT2D eigenvalue weighted by Crippen LogP contribution is 2.25. The molecule has 40 heavy (non-hydrogen) atoms. The highest BCUT2D eigenvalue weighted by molar-refractivity contribution is 9.10. The van der Waals surface area contributed by atoms with Gasteiger partial charge in [0.1, 0.15) is 4.21 Å². The first-order valence-corrected chi connectivity index (χ1v) is 15.0. The molecule has 4 N–H and O–H groups in total. The van der Waals surface area contributed by atoms with Crippen LogP contribution < -0.4 is 26.6 Å². The van der Waals surface area contributed by atoms with E-state index in [1.54, 1.807) is 18.2 Å². The van der Waals surface area contributed by atoms with E-state index in [4.69, 9.17) is 11.6 Å². The Hall–Kier alpha value is -3.91. The lowest BCUT2D eigenvalue weighted by molar-refractivity contribution is 0.256. The number of benzene rings is 3. The van der Waals surface area contributed by atoms with Crippen molar-refractivity contribution in [1.29, 1.82) is 0 Å². The number of carbonyl (C=O) groups excluding carboxylic acids is 1. The summed E-state index contributed by atoms with van der Waals surface area (Å²) in [5.41, 5.74) is 1.51. The van der Waals surface area contributed by atoms with Gasteiger partial charge in [-0.2, -0.15) is 0 Å². The highest BCUT2D eigenvalue weighted by atomic mass is 79.9. The van der Waals surface area contributed by atoms with Crippen LogP contribution in [0, 0.1) is 0 Å². The van der Waals surface area contributed by atoms with E-state index in [0.29, 0.717) is 17.4 Å². The molecule has 10 nitrogen and oxygen atoms in total. The Morgan fingerprint density at radius 1 is 0.975 bits per heavy atom. The summed E-state index contributed by atoms with van der Waals surface area (Å²) in [5, 5.41) is 6.00. The topological polar surface area (TPSA) is 142 Å². The number of hydrogen-bond acceptors (Lipinski definition) is 7. The summed E-state index contributed by atoms with van der Waals surface area (Å²) in [6.45, 7) is 0.543. The molecule has 2 aromatic heterocycles. The van der Waals surface area contributed by atoms with E-state index in [1.165, 1.54) is 36.4 Å². The Kier molecular flexibility index (Phi) is 7.81. The Morgan fingerprint density at radius 2 is 1.70 bits per heavy atom. The molecule has 0 bridgehead atoms. The van der Waals surface area contributed by atoms with Gasteiger partial charge >= 0.3 is 11.7 Å². The molecule has 0 aliphatic rings. The minimum absolute atomic E-state index is 0.106. The van der Waals surface area contributed by atoms with Crippen LogP contribution in [0.15, 0.2) is 97.1 Å². The molecular weight excluding hydrogens is 642 g/mol. The first-order valence-electron chi connectivity index (χ1n) is 11.6. The fourth-order valence-corrected chi connectivity index (χ4v) is 6.68. The number of nitrogens with one attached hydrogen (secondary N) is 4. The maximum Gasteiger partial charge on any atom is 0.333 e. The number of sulfonamides is 1. The Morgan fingerprint density at radius 3 is 2.40 bits per heavy atom. The third-order valence-corrected chi connectivity index (χ3v) is 9.59. The molecule has 204 valence electrons. The fraction of sp³-hybridized carbons (Fsp3) is 0.0385. The number of H-pyrrole nitrogens is 1. The summed E-state index contributed by atoms with van der Waals surface area (Å²) in [6, 6.07) is 20.4. The van der Waals surface area contributed by atoms with Crippen molar-refractivity contribution in [2.45, 2.75) is 10.8 Å². The summed E-state index contributed by atoms with van der Waals surface area (Å²) in [7, 11) is -4.09. The SMILES string of the molecule is O=C(Nc1ccc(-n2c(=O)[nH]c3cc(NCc4ccccc4Br)ccc3c2=O)cc1)NS(=O)(=O)c1ccc(Cl)s1. The van der Waals surface area contributed by atoms with Crippen LogP contribution in [-0.2, 0) is 16.6 Å². The average molecular weight is 661 g/mol. The smallest absolute Gasteiger partial charge is 0.333 e. The zero-order valence-corrected chi connectivity index (χ0v) is 24.2. The van der Waals surface area contributed by atoms with Crippen LogP contribution in [0.4, 0.5) is 16.2 Å². The quantitative estimate of drug-likeness (QED) is 0.187. The molecule has 0 fully saturated rings. The lowest BCUT2D eigenvalue weighted by Crippen LogP contribution is -2.34. The molecule has 0 unspecified atom stereocenters. The number of carbonyl (C=O) groups is 1. The number of fused-ring (bicyclic) bond motifs is 1. The number of hydrogen-bond donors (Lipinski definition) is 4. The van der Waals surface area contributed by atoms with E-state index in [9.17, 15) is 22.8 Å². The summed E-state index contributed by atoms with van der Waals surface area (Å²) in [4.78, 5) is 41.1. The number of thiophene rings is 1. The minimum Gasteiger partial charge on any atom is -0.381 e. The number of anilines is 2. The van der Waals surface area contributed by atoms with Crippen molar-refractivity contribution in [3.63, 3.8) is 0 Å². The lowest BCUT2D eigenvalue weighted by atomic mass is 10.2. The maximum absolute atomic E-state index is 13.2. The third-order valence-electron chi connectivity index (χ3n) is 5.76. The molecule has 3 aromatic carbocycles. The summed E-state index contributed by atoms with van der Waals surface area (Å²) < 4.78 is 28.6. The van der Waals surface area contributed by atoms with E-state index in [-0.39, 0.29) is 19.9 Å². The predicted molar refractivity (Wildman–Crippen MR) is 160 cm³/mol. The molecule has 5 rings (SSSR count). The molecule has 0 atom stereocenters. The van der Waals surface area contributed by atoms with E-state index in [2.05, 4.69) is 31.5 Å². The molecule has 0 spiro atoms. The number of aromatic amines is 1. The third kappa shape index (κ3) is 5.97. The summed E-state index contributed by atoms with van der Waals surface area (Å²) in [6.07, 6.45) is 0. The molecule has 14 heteroatoms. The molecular formula is C26H19BrClN5O5S2. The highest BCUT2D eigenvalue weighted by Gasteiger charge is 2.20. The summed E-state index contributed by atoms with van der Waals surface area (Å²) >= 11 is 10.1. The zero-order chi connectivity index (χ0) is 28.4. The number of amides is 2. The number of rotatable bonds is 7. The van der Waals surface area contributed by atoms with Crippen LogP contribution in [0.3, 0.4) is 0 Å². The molecule has 0 saturated heterocycles. The van der Waals surface area contributed by atoms with Crippen molar-refractivity contribution in [2.75, 3.05) is 10.6 Å². The van der Waals surface area contributed by atoms with Crippen LogP contribution in [0.5, 0.6) is 0 Å². The standard InChI is InChI=1S/C26H19BrClN5O5S2/c27-20-4-2-1-3-15(20)14-29-17-7-10-19-21(13-17)31-26(36)33(24(19)34)18-8-5-16(6-9-18)30-25(35)32-40(37,38)23-12-11-22(28)39-23/h1-13,29H,14H2,(H,31,36)(H2,30,32,35). The van der Waals surface area contributed by atoms with E-state index in [1.807, 2.05) is 29.0 Å². The Balaban J connectivity index is 1.32. The van der Waals surface area contributed by atoms with Gasteiger partial charge in [0.2, 0.25) is 0 Å². The Bertz CT molecular complexity index is 1970. The first kappa shape index (κ1) is 27.6. The van der Waals surface area contributed by atoms with E-state index >= 15 is 0 Å². The van der Waals surface area contributed by atoms with Crippen molar-refractivity contribution in [2.24, 2.45) is 0 Å². The lowest BCUT2D eigenvalue weighted by Gasteiger charge is -2.11. The van der Waals surface area contributed by atoms with Gasteiger partial charge in [0, 0.05) is 22.4 Å². The van der Waals surface area contributed by atoms with Crippen LogP contribution in [0.2, 0.25) is 4.34 Å². The molecule has 0 saturated carbocycles. The second-order valence-electron chi connectivity index (χ2n) is 8.44. The molecule has 0 aliphatic heterocycles. The number of halogens is 2. The maximum atomic E-state index is 13.2. The van der Waals surface area contributed by atoms with Gasteiger partial charge in [-0.1, -0.05) is 45.7 Å². The second-order valence-corrected chi connectivity index (χ2v) is 12.9. The van der Waals surface area contributed by atoms with Crippen molar-refractivity contribution in [3.05, 3.63) is 114 Å². The van der Waals surface area contributed by atoms with Crippen LogP contribution in [-0.4, -0.2) is 24.0 Å². The van der Waals surface area contributed by atoms with Crippen molar-refractivity contribution in [1.82, 2.24) is 14.3 Å². The van der Waals surface area contributed by atoms with Crippen molar-refractivity contribution < 1.29 is 13.2 Å². The first-order chi connectivity index (χ1) is 19.1. The number of aromatic nitrogens is 2. The van der Waals surface area contributed by atoms with Crippen molar-refractivity contribution >= 4 is 77.2 Å². The predicted octanol–water partition coefficient (Wildman–Crippen LogP) is 5.28. The monoisotopic (exact) mass is 659 g/mol. The molecule has 2 heterocycles. The normalized spacial score (nSPS) is 11.3. The second kappa shape index (κ2) is 11.3. The molecule has 0 aliphatic carbocycles. The molecule has 0 radical (unpaired) electrons. The largest absolute Gasteiger partial charge is 0.381 e. The fourth-order valence-electron chi connectivity index (χ4n) is 3.87. The van der Waals surface area contributed by atoms with Gasteiger partial charge in [-0.05, 0) is 66.2 Å². The minimum atomic E-state index is -4.09.